The predicted molar refractivity (Wildman–Crippen MR) is 82.4 cm³/mol. The van der Waals surface area contributed by atoms with Gasteiger partial charge >= 0.3 is 5.82 Å². The first-order chi connectivity index (χ1) is 10.5. The SMILES string of the molecule is COc1ccc(Sc2sc(C(C)=O)nc2[N+](=O)[O-])cc1OC. The van der Waals surface area contributed by atoms with E-state index in [0.29, 0.717) is 15.7 Å². The summed E-state index contributed by atoms with van der Waals surface area (Å²) >= 11 is 2.16. The number of ether oxygens (including phenoxy) is 2. The van der Waals surface area contributed by atoms with Gasteiger partial charge in [0.2, 0.25) is 5.78 Å². The Bertz CT molecular complexity index is 729. The van der Waals surface area contributed by atoms with E-state index in [1.807, 2.05) is 0 Å². The summed E-state index contributed by atoms with van der Waals surface area (Å²) in [4.78, 5) is 26.3. The molecule has 0 aliphatic rings. The lowest BCUT2D eigenvalue weighted by Crippen LogP contribution is -1.93. The molecule has 0 atom stereocenters. The lowest BCUT2D eigenvalue weighted by atomic mass is 10.3. The maximum absolute atomic E-state index is 11.3. The minimum atomic E-state index is -0.591. The number of nitro groups is 1. The molecule has 0 aliphatic heterocycles. The van der Waals surface area contributed by atoms with Crippen molar-refractivity contribution in [3.05, 3.63) is 33.3 Å². The summed E-state index contributed by atoms with van der Waals surface area (Å²) in [6.45, 7) is 1.33. The van der Waals surface area contributed by atoms with Crippen LogP contribution in [-0.4, -0.2) is 29.9 Å². The van der Waals surface area contributed by atoms with Gasteiger partial charge in [-0.05, 0) is 28.1 Å². The Morgan fingerprint density at radius 2 is 2.00 bits per heavy atom. The van der Waals surface area contributed by atoms with E-state index in [1.165, 1.54) is 21.1 Å². The summed E-state index contributed by atoms with van der Waals surface area (Å²) in [6.07, 6.45) is 0. The third kappa shape index (κ3) is 3.37. The van der Waals surface area contributed by atoms with Crippen molar-refractivity contribution in [2.45, 2.75) is 16.0 Å². The van der Waals surface area contributed by atoms with E-state index in [9.17, 15) is 14.9 Å². The van der Waals surface area contributed by atoms with E-state index in [-0.39, 0.29) is 16.6 Å². The molecular formula is C13H12N2O5S2. The van der Waals surface area contributed by atoms with E-state index < -0.39 is 4.92 Å². The molecule has 2 rings (SSSR count). The van der Waals surface area contributed by atoms with Gasteiger partial charge in [0.25, 0.3) is 5.01 Å². The normalized spacial score (nSPS) is 10.3. The highest BCUT2D eigenvalue weighted by atomic mass is 32.2. The van der Waals surface area contributed by atoms with Crippen LogP contribution in [0, 0.1) is 10.1 Å². The fourth-order valence-corrected chi connectivity index (χ4v) is 3.70. The van der Waals surface area contributed by atoms with Gasteiger partial charge in [-0.1, -0.05) is 23.1 Å². The molecule has 0 saturated heterocycles. The van der Waals surface area contributed by atoms with Crippen molar-refractivity contribution in [1.29, 1.82) is 0 Å². The number of Topliss-reactive ketones (excluding diaryl/α,β-unsaturated/α-hetero) is 1. The number of thiazole rings is 1. The first kappa shape index (κ1) is 16.2. The highest BCUT2D eigenvalue weighted by molar-refractivity contribution is 8.01. The van der Waals surface area contributed by atoms with Crippen LogP contribution in [0.15, 0.2) is 27.3 Å². The second kappa shape index (κ2) is 6.75. The van der Waals surface area contributed by atoms with Crippen LogP contribution in [0.4, 0.5) is 5.82 Å². The quantitative estimate of drug-likeness (QED) is 0.452. The van der Waals surface area contributed by atoms with Gasteiger partial charge in [-0.3, -0.25) is 4.79 Å². The number of carbonyl (C=O) groups is 1. The molecule has 1 aromatic heterocycles. The number of carbonyl (C=O) groups excluding carboxylic acids is 1. The van der Waals surface area contributed by atoms with Crippen LogP contribution >= 0.6 is 23.1 Å². The Kier molecular flexibility index (Phi) is 4.99. The molecule has 0 bridgehead atoms. The predicted octanol–water partition coefficient (Wildman–Crippen LogP) is 3.42. The van der Waals surface area contributed by atoms with Gasteiger partial charge in [0.05, 0.1) is 14.2 Å². The van der Waals surface area contributed by atoms with Crippen molar-refractivity contribution in [3.63, 3.8) is 0 Å². The largest absolute Gasteiger partial charge is 0.493 e. The molecule has 0 aliphatic carbocycles. The molecule has 0 fully saturated rings. The summed E-state index contributed by atoms with van der Waals surface area (Å²) in [5, 5.41) is 11.2. The summed E-state index contributed by atoms with van der Waals surface area (Å²) in [5.74, 6) is 0.476. The van der Waals surface area contributed by atoms with Gasteiger partial charge in [-0.15, -0.1) is 0 Å². The molecule has 22 heavy (non-hydrogen) atoms. The maximum Gasteiger partial charge on any atom is 0.389 e. The monoisotopic (exact) mass is 340 g/mol. The van der Waals surface area contributed by atoms with Crippen molar-refractivity contribution >= 4 is 34.7 Å². The second-order valence-corrected chi connectivity index (χ2v) is 6.40. The standard InChI is InChI=1S/C13H12N2O5S2/c1-7(16)12-14-11(15(17)18)13(22-12)21-8-4-5-9(19-2)10(6-8)20-3/h4-6H,1-3H3. The number of rotatable bonds is 6. The molecule has 116 valence electrons. The highest BCUT2D eigenvalue weighted by Gasteiger charge is 2.26. The summed E-state index contributed by atoms with van der Waals surface area (Å²) in [5.41, 5.74) is 0. The van der Waals surface area contributed by atoms with E-state index in [0.717, 1.165) is 28.0 Å². The maximum atomic E-state index is 11.3. The molecule has 0 amide bonds. The molecule has 0 saturated carbocycles. The average Bonchev–Trinajstić information content (AvgIpc) is 2.91. The van der Waals surface area contributed by atoms with Gasteiger partial charge in [0.1, 0.15) is 0 Å². The Morgan fingerprint density at radius 1 is 1.32 bits per heavy atom. The third-order valence-corrected chi connectivity index (χ3v) is 4.92. The lowest BCUT2D eigenvalue weighted by Gasteiger charge is -2.08. The second-order valence-electron chi connectivity index (χ2n) is 4.06. The number of ketones is 1. The zero-order valence-corrected chi connectivity index (χ0v) is 13.6. The van der Waals surface area contributed by atoms with Crippen LogP contribution < -0.4 is 9.47 Å². The van der Waals surface area contributed by atoms with Crippen molar-refractivity contribution in [2.24, 2.45) is 0 Å². The summed E-state index contributed by atoms with van der Waals surface area (Å²) < 4.78 is 10.7. The molecule has 1 heterocycles. The van der Waals surface area contributed by atoms with Crippen LogP contribution in [0.5, 0.6) is 11.5 Å². The topological polar surface area (TPSA) is 91.6 Å². The first-order valence-electron chi connectivity index (χ1n) is 6.02. The van der Waals surface area contributed by atoms with Gasteiger partial charge in [-0.2, -0.15) is 0 Å². The van der Waals surface area contributed by atoms with Crippen molar-refractivity contribution in [1.82, 2.24) is 4.98 Å². The van der Waals surface area contributed by atoms with Crippen LogP contribution in [0.1, 0.15) is 16.7 Å². The zero-order valence-electron chi connectivity index (χ0n) is 12.0. The average molecular weight is 340 g/mol. The zero-order chi connectivity index (χ0) is 16.3. The van der Waals surface area contributed by atoms with Gasteiger partial charge < -0.3 is 19.6 Å². The Morgan fingerprint density at radius 3 is 2.55 bits per heavy atom. The molecular weight excluding hydrogens is 328 g/mol. The van der Waals surface area contributed by atoms with Gasteiger partial charge in [0, 0.05) is 11.8 Å². The number of methoxy groups -OCH3 is 2. The molecule has 7 nitrogen and oxygen atoms in total. The molecule has 1 aromatic carbocycles. The minimum Gasteiger partial charge on any atom is -0.493 e. The molecule has 0 spiro atoms. The molecule has 0 N–H and O–H groups in total. The fraction of sp³-hybridized carbons (Fsp3) is 0.231. The van der Waals surface area contributed by atoms with Crippen molar-refractivity contribution in [2.75, 3.05) is 14.2 Å². The van der Waals surface area contributed by atoms with Gasteiger partial charge in [-0.25, -0.2) is 0 Å². The van der Waals surface area contributed by atoms with Crippen LogP contribution in [0.2, 0.25) is 0 Å². The van der Waals surface area contributed by atoms with E-state index in [2.05, 4.69) is 4.98 Å². The Hall–Kier alpha value is -2.13. The number of aromatic nitrogens is 1. The lowest BCUT2D eigenvalue weighted by molar-refractivity contribution is -0.391. The Balaban J connectivity index is 2.38. The van der Waals surface area contributed by atoms with E-state index in [1.54, 1.807) is 18.2 Å². The van der Waals surface area contributed by atoms with Crippen molar-refractivity contribution < 1.29 is 19.2 Å². The highest BCUT2D eigenvalue weighted by Crippen LogP contribution is 2.41. The van der Waals surface area contributed by atoms with Crippen LogP contribution in [0.25, 0.3) is 0 Å². The smallest absolute Gasteiger partial charge is 0.389 e. The van der Waals surface area contributed by atoms with Gasteiger partial charge in [0.15, 0.2) is 15.7 Å². The minimum absolute atomic E-state index is 0.120. The Labute approximate surface area is 134 Å². The summed E-state index contributed by atoms with van der Waals surface area (Å²) in [6, 6.07) is 5.17. The molecule has 9 heteroatoms. The molecule has 0 unspecified atom stereocenters. The third-order valence-electron chi connectivity index (χ3n) is 2.62. The summed E-state index contributed by atoms with van der Waals surface area (Å²) in [7, 11) is 3.03. The van der Waals surface area contributed by atoms with E-state index in [4.69, 9.17) is 9.47 Å². The number of hydrogen-bond acceptors (Lipinski definition) is 8. The van der Waals surface area contributed by atoms with Crippen molar-refractivity contribution in [3.8, 4) is 11.5 Å². The number of hydrogen-bond donors (Lipinski definition) is 0. The molecule has 0 radical (unpaired) electrons. The van der Waals surface area contributed by atoms with Crippen LogP contribution in [0.3, 0.4) is 0 Å². The number of benzene rings is 1. The molecule has 2 aromatic rings. The van der Waals surface area contributed by atoms with E-state index >= 15 is 0 Å². The fourth-order valence-electron chi connectivity index (χ4n) is 1.62. The first-order valence-corrected chi connectivity index (χ1v) is 7.65. The van der Waals surface area contributed by atoms with Crippen LogP contribution in [-0.2, 0) is 0 Å². The number of nitrogens with zero attached hydrogens (tertiary/aromatic N) is 2.